The first-order valence-electron chi connectivity index (χ1n) is 19.3. The van der Waals surface area contributed by atoms with Crippen LogP contribution in [-0.2, 0) is 0 Å². The maximum Gasteiger partial charge on any atom is 0.265 e. The minimum atomic E-state index is -0.0855. The van der Waals surface area contributed by atoms with Crippen LogP contribution in [-0.4, -0.2) is 18.7 Å². The van der Waals surface area contributed by atoms with Crippen molar-refractivity contribution in [3.8, 4) is 28.3 Å². The first kappa shape index (κ1) is 31.6. The van der Waals surface area contributed by atoms with Crippen LogP contribution in [0.15, 0.2) is 199 Å². The Morgan fingerprint density at radius 1 is 0.351 bits per heavy atom. The van der Waals surface area contributed by atoms with Crippen molar-refractivity contribution < 1.29 is 0 Å². The second-order valence-corrected chi connectivity index (χ2v) is 14.7. The molecule has 0 N–H and O–H groups in total. The van der Waals surface area contributed by atoms with Crippen LogP contribution in [0.5, 0.6) is 0 Å². The van der Waals surface area contributed by atoms with Crippen LogP contribution in [0.2, 0.25) is 0 Å². The van der Waals surface area contributed by atoms with E-state index in [4.69, 9.17) is 4.98 Å². The number of aromatic nitrogens is 4. The molecular formula is C52H32N4O. The zero-order chi connectivity index (χ0) is 37.6. The van der Waals surface area contributed by atoms with E-state index in [0.29, 0.717) is 5.39 Å². The van der Waals surface area contributed by atoms with Crippen molar-refractivity contribution in [2.75, 3.05) is 0 Å². The number of para-hydroxylation sites is 4. The van der Waals surface area contributed by atoms with Crippen molar-refractivity contribution in [2.24, 2.45) is 0 Å². The first-order valence-corrected chi connectivity index (χ1v) is 19.3. The number of hydrogen-bond acceptors (Lipinski definition) is 2. The van der Waals surface area contributed by atoms with Crippen molar-refractivity contribution in [2.45, 2.75) is 0 Å². The van der Waals surface area contributed by atoms with E-state index in [1.807, 2.05) is 48.5 Å². The van der Waals surface area contributed by atoms with Crippen molar-refractivity contribution in [3.05, 3.63) is 205 Å². The fourth-order valence-corrected chi connectivity index (χ4v) is 9.14. The zero-order valence-corrected chi connectivity index (χ0v) is 30.7. The molecule has 12 aromatic rings. The highest BCUT2D eigenvalue weighted by Crippen LogP contribution is 2.40. The predicted octanol–water partition coefficient (Wildman–Crippen LogP) is 12.6. The first-order chi connectivity index (χ1) is 28.2. The highest BCUT2D eigenvalue weighted by Gasteiger charge is 2.19. The summed E-state index contributed by atoms with van der Waals surface area (Å²) >= 11 is 0. The van der Waals surface area contributed by atoms with Gasteiger partial charge < -0.3 is 4.57 Å². The van der Waals surface area contributed by atoms with E-state index in [0.717, 1.165) is 66.4 Å². The molecule has 0 saturated carbocycles. The maximum atomic E-state index is 14.1. The quantitative estimate of drug-likeness (QED) is 0.169. The van der Waals surface area contributed by atoms with Gasteiger partial charge in [-0.15, -0.1) is 0 Å². The summed E-state index contributed by atoms with van der Waals surface area (Å²) in [6, 6.07) is 66.0. The number of benzene rings is 8. The standard InChI is InChI=1S/C52H32N4O/c57-52-44-32-53-50(31-41(44)39-19-9-11-21-45(39)55(52)37-16-5-2-6-17-37)56-46-22-12-10-20-40(46)42-29-34(24-26-47(42)56)35-25-27-48-43(30-35)51-38-18-8-7-13-33(38)23-28-49(51)54(48)36-14-3-1-4-15-36/h1-32H. The Labute approximate surface area is 326 Å². The van der Waals surface area contributed by atoms with Crippen molar-refractivity contribution in [1.29, 1.82) is 0 Å². The molecular weight excluding hydrogens is 697 g/mol. The lowest BCUT2D eigenvalue weighted by Crippen LogP contribution is -2.19. The summed E-state index contributed by atoms with van der Waals surface area (Å²) in [6.45, 7) is 0. The number of hydrogen-bond donors (Lipinski definition) is 0. The van der Waals surface area contributed by atoms with Crippen LogP contribution >= 0.6 is 0 Å². The van der Waals surface area contributed by atoms with Gasteiger partial charge in [-0.2, -0.15) is 0 Å². The van der Waals surface area contributed by atoms with Crippen LogP contribution in [0, 0.1) is 0 Å². The van der Waals surface area contributed by atoms with Crippen LogP contribution in [0.25, 0.3) is 104 Å². The number of fused-ring (bicyclic) bond motifs is 11. The molecule has 4 aromatic heterocycles. The molecule has 4 heterocycles. The lowest BCUT2D eigenvalue weighted by molar-refractivity contribution is 1.05. The fraction of sp³-hybridized carbons (Fsp3) is 0. The van der Waals surface area contributed by atoms with Gasteiger partial charge in [0.25, 0.3) is 5.56 Å². The second-order valence-electron chi connectivity index (χ2n) is 14.7. The van der Waals surface area contributed by atoms with E-state index in [1.54, 1.807) is 10.8 Å². The van der Waals surface area contributed by atoms with Gasteiger partial charge in [0, 0.05) is 49.9 Å². The summed E-state index contributed by atoms with van der Waals surface area (Å²) in [6.07, 6.45) is 1.75. The van der Waals surface area contributed by atoms with E-state index in [9.17, 15) is 4.79 Å². The Hall–Kier alpha value is -7.76. The Bertz CT molecular complexity index is 3650. The molecule has 5 nitrogen and oxygen atoms in total. The molecule has 0 fully saturated rings. The smallest absolute Gasteiger partial charge is 0.265 e. The highest BCUT2D eigenvalue weighted by molar-refractivity contribution is 6.22. The molecule has 0 radical (unpaired) electrons. The van der Waals surface area contributed by atoms with Gasteiger partial charge in [-0.3, -0.25) is 13.9 Å². The summed E-state index contributed by atoms with van der Waals surface area (Å²) in [5.41, 5.74) is 9.55. The highest BCUT2D eigenvalue weighted by atomic mass is 16.1. The van der Waals surface area contributed by atoms with Gasteiger partial charge in [0.1, 0.15) is 5.82 Å². The molecule has 0 bridgehead atoms. The minimum Gasteiger partial charge on any atom is -0.309 e. The maximum absolute atomic E-state index is 14.1. The van der Waals surface area contributed by atoms with Gasteiger partial charge >= 0.3 is 0 Å². The average molecular weight is 729 g/mol. The second kappa shape index (κ2) is 12.1. The van der Waals surface area contributed by atoms with Gasteiger partial charge in [-0.05, 0) is 94.7 Å². The summed E-state index contributed by atoms with van der Waals surface area (Å²) in [4.78, 5) is 19.1. The third kappa shape index (κ3) is 4.63. The fourth-order valence-electron chi connectivity index (χ4n) is 9.14. The SMILES string of the molecule is O=c1c2cnc(-n3c4ccccc4c4cc(-c5ccc6c(c5)c5c7ccccc7ccc5n6-c5ccccc5)ccc43)cc2c2ccccc2n1-c1ccccc1. The molecule has 8 aromatic carbocycles. The van der Waals surface area contributed by atoms with E-state index < -0.39 is 0 Å². The van der Waals surface area contributed by atoms with Crippen molar-refractivity contribution >= 4 is 76.1 Å². The molecule has 5 heteroatoms. The van der Waals surface area contributed by atoms with E-state index in [1.165, 1.54) is 32.6 Å². The zero-order valence-electron chi connectivity index (χ0n) is 30.7. The third-order valence-electron chi connectivity index (χ3n) is 11.7. The van der Waals surface area contributed by atoms with E-state index in [-0.39, 0.29) is 5.56 Å². The minimum absolute atomic E-state index is 0.0855. The lowest BCUT2D eigenvalue weighted by Gasteiger charge is -2.14. The number of nitrogens with zero attached hydrogens (tertiary/aromatic N) is 4. The largest absolute Gasteiger partial charge is 0.309 e. The molecule has 0 aliphatic carbocycles. The van der Waals surface area contributed by atoms with Gasteiger partial charge in [0.2, 0.25) is 0 Å². The molecule has 0 aliphatic heterocycles. The molecule has 0 atom stereocenters. The molecule has 0 amide bonds. The lowest BCUT2D eigenvalue weighted by atomic mass is 9.99. The van der Waals surface area contributed by atoms with Gasteiger partial charge in [0.05, 0.1) is 33.0 Å². The van der Waals surface area contributed by atoms with Crippen LogP contribution < -0.4 is 5.56 Å². The summed E-state index contributed by atoms with van der Waals surface area (Å²) in [5, 5.41) is 9.72. The molecule has 0 aliphatic rings. The Morgan fingerprint density at radius 3 is 1.60 bits per heavy atom. The molecule has 57 heavy (non-hydrogen) atoms. The van der Waals surface area contributed by atoms with E-state index >= 15 is 0 Å². The topological polar surface area (TPSA) is 44.8 Å². The van der Waals surface area contributed by atoms with Crippen LogP contribution in [0.1, 0.15) is 0 Å². The predicted molar refractivity (Wildman–Crippen MR) is 236 cm³/mol. The third-order valence-corrected chi connectivity index (χ3v) is 11.7. The van der Waals surface area contributed by atoms with Crippen molar-refractivity contribution in [3.63, 3.8) is 0 Å². The average Bonchev–Trinajstić information content (AvgIpc) is 3.79. The summed E-state index contributed by atoms with van der Waals surface area (Å²) in [7, 11) is 0. The Kier molecular flexibility index (Phi) is 6.71. The van der Waals surface area contributed by atoms with Gasteiger partial charge in [0.15, 0.2) is 0 Å². The number of rotatable bonds is 4. The monoisotopic (exact) mass is 728 g/mol. The van der Waals surface area contributed by atoms with E-state index in [2.05, 4.69) is 149 Å². The Morgan fingerprint density at radius 2 is 0.877 bits per heavy atom. The summed E-state index contributed by atoms with van der Waals surface area (Å²) < 4.78 is 6.41. The Balaban J connectivity index is 1.06. The van der Waals surface area contributed by atoms with Crippen LogP contribution in [0.3, 0.4) is 0 Å². The van der Waals surface area contributed by atoms with Crippen LogP contribution in [0.4, 0.5) is 0 Å². The molecule has 12 rings (SSSR count). The molecule has 266 valence electrons. The van der Waals surface area contributed by atoms with Gasteiger partial charge in [-0.1, -0.05) is 115 Å². The molecule has 0 spiro atoms. The van der Waals surface area contributed by atoms with Gasteiger partial charge in [-0.25, -0.2) is 4.98 Å². The molecule has 0 saturated heterocycles. The number of pyridine rings is 2. The molecule has 0 unspecified atom stereocenters. The van der Waals surface area contributed by atoms with Crippen molar-refractivity contribution in [1.82, 2.24) is 18.7 Å². The normalized spacial score (nSPS) is 11.9. The summed E-state index contributed by atoms with van der Waals surface area (Å²) in [5.74, 6) is 0.769.